The van der Waals surface area contributed by atoms with Crippen molar-refractivity contribution in [1.29, 1.82) is 0 Å². The molecule has 0 aliphatic rings. The van der Waals surface area contributed by atoms with Crippen molar-refractivity contribution in [3.8, 4) is 5.75 Å². The molecule has 0 aliphatic carbocycles. The molecule has 0 amide bonds. The molecule has 0 bridgehead atoms. The molecule has 4 aromatic rings. The predicted molar refractivity (Wildman–Crippen MR) is 123 cm³/mol. The average molecular weight is 468 g/mol. The first-order valence-corrected chi connectivity index (χ1v) is 11.3. The summed E-state index contributed by atoms with van der Waals surface area (Å²) in [5.41, 5.74) is 0.438. The van der Waals surface area contributed by atoms with E-state index in [9.17, 15) is 14.0 Å². The summed E-state index contributed by atoms with van der Waals surface area (Å²) in [6.07, 6.45) is 0. The summed E-state index contributed by atoms with van der Waals surface area (Å²) >= 11 is 1.37. The van der Waals surface area contributed by atoms with Gasteiger partial charge < -0.3 is 9.47 Å². The largest absolute Gasteiger partial charge is 0.486 e. The molecule has 2 aromatic heterocycles. The molecule has 0 aliphatic heterocycles. The molecule has 170 valence electrons. The molecular weight excluding hydrogens is 445 g/mol. The Morgan fingerprint density at radius 1 is 1.09 bits per heavy atom. The van der Waals surface area contributed by atoms with Crippen LogP contribution >= 0.6 is 11.3 Å². The standard InChI is InChI=1S/C24H22FN3O4S/c1-15(2)11-28-23(29)20-6-4-3-5-19(20)22(27-28)24(30)32-12-17-14-33-21(26-17)13-31-18-9-7-16(25)8-10-18/h3-10,14-15H,11-13H2,1-2H3. The number of thiazole rings is 1. The van der Waals surface area contributed by atoms with Crippen LogP contribution < -0.4 is 10.3 Å². The van der Waals surface area contributed by atoms with Crippen LogP contribution in [0.4, 0.5) is 4.39 Å². The van der Waals surface area contributed by atoms with Crippen LogP contribution in [-0.4, -0.2) is 20.7 Å². The Balaban J connectivity index is 1.45. The van der Waals surface area contributed by atoms with Crippen molar-refractivity contribution >= 4 is 28.1 Å². The predicted octanol–water partition coefficient (Wildman–Crippen LogP) is 4.58. The second-order valence-corrected chi connectivity index (χ2v) is 8.77. The summed E-state index contributed by atoms with van der Waals surface area (Å²) in [6.45, 7) is 4.52. The number of rotatable bonds is 8. The van der Waals surface area contributed by atoms with E-state index in [1.807, 2.05) is 13.8 Å². The third-order valence-electron chi connectivity index (χ3n) is 4.73. The van der Waals surface area contributed by atoms with E-state index < -0.39 is 5.97 Å². The Kier molecular flexibility index (Phi) is 6.79. The van der Waals surface area contributed by atoms with E-state index >= 15 is 0 Å². The van der Waals surface area contributed by atoms with Crippen LogP contribution in [0.1, 0.15) is 35.0 Å². The molecule has 0 fully saturated rings. The Morgan fingerprint density at radius 2 is 1.82 bits per heavy atom. The second-order valence-electron chi connectivity index (χ2n) is 7.83. The monoisotopic (exact) mass is 467 g/mol. The smallest absolute Gasteiger partial charge is 0.359 e. The minimum Gasteiger partial charge on any atom is -0.486 e. The molecule has 0 unspecified atom stereocenters. The van der Waals surface area contributed by atoms with Gasteiger partial charge in [-0.2, -0.15) is 5.10 Å². The quantitative estimate of drug-likeness (QED) is 0.353. The summed E-state index contributed by atoms with van der Waals surface area (Å²) in [4.78, 5) is 30.0. The molecule has 0 atom stereocenters. The topological polar surface area (TPSA) is 83.3 Å². The van der Waals surface area contributed by atoms with Gasteiger partial charge in [0.1, 0.15) is 29.8 Å². The average Bonchev–Trinajstić information content (AvgIpc) is 3.26. The van der Waals surface area contributed by atoms with Gasteiger partial charge in [0, 0.05) is 17.3 Å². The minimum atomic E-state index is -0.624. The molecular formula is C24H22FN3O4S. The van der Waals surface area contributed by atoms with Crippen LogP contribution in [0.5, 0.6) is 5.75 Å². The van der Waals surface area contributed by atoms with Gasteiger partial charge in [-0.25, -0.2) is 18.9 Å². The van der Waals surface area contributed by atoms with E-state index in [4.69, 9.17) is 9.47 Å². The van der Waals surface area contributed by atoms with Gasteiger partial charge in [0.2, 0.25) is 0 Å². The number of halogens is 1. The normalized spacial score (nSPS) is 11.2. The van der Waals surface area contributed by atoms with Crippen molar-refractivity contribution in [1.82, 2.24) is 14.8 Å². The van der Waals surface area contributed by atoms with E-state index in [1.165, 1.54) is 28.2 Å². The molecule has 7 nitrogen and oxygen atoms in total. The molecule has 33 heavy (non-hydrogen) atoms. The molecule has 0 saturated carbocycles. The fourth-order valence-corrected chi connectivity index (χ4v) is 3.91. The molecule has 0 N–H and O–H groups in total. The summed E-state index contributed by atoms with van der Waals surface area (Å²) in [6, 6.07) is 12.6. The van der Waals surface area contributed by atoms with Crippen LogP contribution in [0.15, 0.2) is 58.7 Å². The highest BCUT2D eigenvalue weighted by molar-refractivity contribution is 7.09. The highest BCUT2D eigenvalue weighted by Crippen LogP contribution is 2.18. The zero-order valence-corrected chi connectivity index (χ0v) is 19.0. The van der Waals surface area contributed by atoms with Gasteiger partial charge in [-0.15, -0.1) is 11.3 Å². The van der Waals surface area contributed by atoms with Crippen molar-refractivity contribution < 1.29 is 18.7 Å². The van der Waals surface area contributed by atoms with Crippen LogP contribution in [0.2, 0.25) is 0 Å². The summed E-state index contributed by atoms with van der Waals surface area (Å²) in [5.74, 6) is -0.233. The van der Waals surface area contributed by atoms with Crippen molar-refractivity contribution in [3.05, 3.63) is 86.5 Å². The molecule has 0 radical (unpaired) electrons. The van der Waals surface area contributed by atoms with Gasteiger partial charge in [0.15, 0.2) is 5.69 Å². The summed E-state index contributed by atoms with van der Waals surface area (Å²) in [5, 5.41) is 7.65. The molecule has 0 saturated heterocycles. The number of carbonyl (C=O) groups is 1. The van der Waals surface area contributed by atoms with Gasteiger partial charge in [0.05, 0.1) is 11.1 Å². The first kappa shape index (κ1) is 22.6. The van der Waals surface area contributed by atoms with Crippen LogP contribution in [0.3, 0.4) is 0 Å². The van der Waals surface area contributed by atoms with Gasteiger partial charge in [0.25, 0.3) is 5.56 Å². The number of benzene rings is 2. The minimum absolute atomic E-state index is 0.0365. The van der Waals surface area contributed by atoms with Crippen molar-refractivity contribution in [2.24, 2.45) is 5.92 Å². The maximum absolute atomic E-state index is 13.0. The van der Waals surface area contributed by atoms with Crippen LogP contribution in [-0.2, 0) is 24.5 Å². The lowest BCUT2D eigenvalue weighted by molar-refractivity contribution is 0.0460. The molecule has 4 rings (SSSR count). The second kappa shape index (κ2) is 9.91. The highest BCUT2D eigenvalue weighted by Gasteiger charge is 2.19. The number of fused-ring (bicyclic) bond motifs is 1. The van der Waals surface area contributed by atoms with Gasteiger partial charge in [-0.1, -0.05) is 32.0 Å². The van der Waals surface area contributed by atoms with Crippen molar-refractivity contribution in [2.75, 3.05) is 0 Å². The fourth-order valence-electron chi connectivity index (χ4n) is 3.22. The lowest BCUT2D eigenvalue weighted by Crippen LogP contribution is -2.28. The van der Waals surface area contributed by atoms with Gasteiger partial charge in [-0.3, -0.25) is 4.79 Å². The number of ether oxygens (including phenoxy) is 2. The Hall–Kier alpha value is -3.59. The first-order chi connectivity index (χ1) is 15.9. The molecule has 0 spiro atoms. The van der Waals surface area contributed by atoms with Gasteiger partial charge >= 0.3 is 5.97 Å². The summed E-state index contributed by atoms with van der Waals surface area (Å²) in [7, 11) is 0. The number of carbonyl (C=O) groups excluding carboxylic acids is 1. The van der Waals surface area contributed by atoms with Gasteiger partial charge in [-0.05, 0) is 36.2 Å². The van der Waals surface area contributed by atoms with Crippen LogP contribution in [0, 0.1) is 11.7 Å². The van der Waals surface area contributed by atoms with E-state index in [-0.39, 0.29) is 36.2 Å². The number of hydrogen-bond acceptors (Lipinski definition) is 7. The van der Waals surface area contributed by atoms with Crippen LogP contribution in [0.25, 0.3) is 10.8 Å². The third kappa shape index (κ3) is 5.43. The molecule has 9 heteroatoms. The Bertz CT molecular complexity index is 1330. The number of nitrogens with zero attached hydrogens (tertiary/aromatic N) is 3. The van der Waals surface area contributed by atoms with Crippen molar-refractivity contribution in [3.63, 3.8) is 0 Å². The number of hydrogen-bond donors (Lipinski definition) is 0. The molecule has 2 aromatic carbocycles. The summed E-state index contributed by atoms with van der Waals surface area (Å²) < 4.78 is 25.3. The zero-order chi connectivity index (χ0) is 23.4. The maximum Gasteiger partial charge on any atom is 0.359 e. The first-order valence-electron chi connectivity index (χ1n) is 10.4. The Morgan fingerprint density at radius 3 is 2.55 bits per heavy atom. The van der Waals surface area contributed by atoms with E-state index in [0.29, 0.717) is 33.8 Å². The third-order valence-corrected chi connectivity index (χ3v) is 5.60. The van der Waals surface area contributed by atoms with E-state index in [2.05, 4.69) is 10.1 Å². The molecule has 2 heterocycles. The lowest BCUT2D eigenvalue weighted by atomic mass is 10.1. The van der Waals surface area contributed by atoms with E-state index in [0.717, 1.165) is 0 Å². The fraction of sp³-hybridized carbons (Fsp3) is 0.250. The number of aromatic nitrogens is 3. The Labute approximate surface area is 193 Å². The van der Waals surface area contributed by atoms with Crippen molar-refractivity contribution in [2.45, 2.75) is 33.6 Å². The number of esters is 1. The highest BCUT2D eigenvalue weighted by atomic mass is 32.1. The zero-order valence-electron chi connectivity index (χ0n) is 18.2. The maximum atomic E-state index is 13.0. The SMILES string of the molecule is CC(C)Cn1nc(C(=O)OCc2csc(COc3ccc(F)cc3)n2)c2ccccc2c1=O. The lowest BCUT2D eigenvalue weighted by Gasteiger charge is -2.12. The van der Waals surface area contributed by atoms with E-state index in [1.54, 1.807) is 41.8 Å².